The van der Waals surface area contributed by atoms with Crippen molar-refractivity contribution in [2.24, 2.45) is 4.40 Å². The van der Waals surface area contributed by atoms with Crippen molar-refractivity contribution in [3.8, 4) is 0 Å². The highest BCUT2D eigenvalue weighted by atomic mass is 32.2. The number of allylic oxidation sites excluding steroid dienone is 1. The molecule has 1 nitrogen and oxygen atoms in total. The van der Waals surface area contributed by atoms with E-state index in [0.29, 0.717) is 0 Å². The van der Waals surface area contributed by atoms with E-state index in [4.69, 9.17) is 0 Å². The van der Waals surface area contributed by atoms with E-state index in [-0.39, 0.29) is 0 Å². The minimum Gasteiger partial charge on any atom is -0.222 e. The van der Waals surface area contributed by atoms with Crippen LogP contribution in [0.5, 0.6) is 0 Å². The smallest absolute Gasteiger partial charge is 0.0450 e. The molecule has 0 heterocycles. The quantitative estimate of drug-likeness (QED) is 0.458. The third-order valence-corrected chi connectivity index (χ3v) is 1.31. The molecule has 0 aliphatic heterocycles. The highest BCUT2D eigenvalue weighted by molar-refractivity contribution is 7.98. The fraction of sp³-hybridized carbons (Fsp3) is 0.750. The van der Waals surface area contributed by atoms with E-state index in [1.807, 2.05) is 48.5 Å². The van der Waals surface area contributed by atoms with Gasteiger partial charge in [-0.2, -0.15) is 0 Å². The first kappa shape index (κ1) is 23.5. The summed E-state index contributed by atoms with van der Waals surface area (Å²) in [5.41, 5.74) is 0.997. The van der Waals surface area contributed by atoms with Crippen LogP contribution >= 0.6 is 11.9 Å². The van der Waals surface area contributed by atoms with Crippen LogP contribution in [0.25, 0.3) is 0 Å². The second-order valence-corrected chi connectivity index (χ2v) is 2.37. The summed E-state index contributed by atoms with van der Waals surface area (Å²) >= 11 is 1.56. The molecule has 0 aromatic carbocycles. The number of hydrogen-bond acceptors (Lipinski definition) is 2. The van der Waals surface area contributed by atoms with Gasteiger partial charge in [-0.05, 0) is 24.9 Å². The van der Waals surface area contributed by atoms with Crippen LogP contribution in [0, 0.1) is 0 Å². The largest absolute Gasteiger partial charge is 0.222 e. The minimum absolute atomic E-state index is 0.997. The molecule has 2 heteroatoms. The molecule has 0 fully saturated rings. The van der Waals surface area contributed by atoms with E-state index < -0.39 is 0 Å². The summed E-state index contributed by atoms with van der Waals surface area (Å²) in [5.74, 6) is 1.03. The molecule has 0 bridgehead atoms. The van der Waals surface area contributed by atoms with Gasteiger partial charge in [-0.15, -0.1) is 0 Å². The minimum atomic E-state index is 0.997. The maximum absolute atomic E-state index is 4.08. The lowest BCUT2D eigenvalue weighted by atomic mass is 10.4. The molecule has 88 valence electrons. The van der Waals surface area contributed by atoms with E-state index in [0.717, 1.165) is 11.5 Å². The average Bonchev–Trinajstić information content (AvgIpc) is 2.33. The molecule has 0 atom stereocenters. The van der Waals surface area contributed by atoms with Gasteiger partial charge in [0.05, 0.1) is 0 Å². The van der Waals surface area contributed by atoms with Crippen LogP contribution in [0.1, 0.15) is 55.4 Å². The Labute approximate surface area is 96.2 Å². The normalized spacial score (nSPS) is 7.86. The van der Waals surface area contributed by atoms with Crippen LogP contribution in [0.15, 0.2) is 17.1 Å². The molecular formula is C12H29NS. The molecule has 0 saturated heterocycles. The second kappa shape index (κ2) is 38.6. The first-order valence-electron chi connectivity index (χ1n) is 5.60. The molecule has 0 rings (SSSR count). The fourth-order valence-corrected chi connectivity index (χ4v) is 0.611. The zero-order chi connectivity index (χ0) is 12.4. The van der Waals surface area contributed by atoms with Gasteiger partial charge in [-0.25, -0.2) is 4.40 Å². The van der Waals surface area contributed by atoms with Crippen molar-refractivity contribution in [2.45, 2.75) is 55.4 Å². The summed E-state index contributed by atoms with van der Waals surface area (Å²) in [6.45, 7) is 19.6. The molecule has 0 aliphatic rings. The third-order valence-electron chi connectivity index (χ3n) is 0.633. The van der Waals surface area contributed by atoms with Crippen molar-refractivity contribution in [3.05, 3.63) is 12.7 Å². The van der Waals surface area contributed by atoms with E-state index in [1.165, 1.54) is 0 Å². The van der Waals surface area contributed by atoms with Crippen LogP contribution < -0.4 is 0 Å². The zero-order valence-electron chi connectivity index (χ0n) is 11.3. The molecule has 0 spiro atoms. The SMILES string of the molecule is C=C/C(C)=N\SCC.CC.CC.CC. The Morgan fingerprint density at radius 1 is 1.14 bits per heavy atom. The highest BCUT2D eigenvalue weighted by Gasteiger charge is 1.77. The summed E-state index contributed by atoms with van der Waals surface area (Å²) < 4.78 is 4.08. The van der Waals surface area contributed by atoms with Crippen molar-refractivity contribution < 1.29 is 0 Å². The molecule has 0 unspecified atom stereocenters. The van der Waals surface area contributed by atoms with Crippen molar-refractivity contribution >= 4 is 17.7 Å². The summed E-state index contributed by atoms with van der Waals surface area (Å²) in [6, 6.07) is 0. The van der Waals surface area contributed by atoms with Crippen LogP contribution in [0.4, 0.5) is 0 Å². The Hall–Kier alpha value is -0.240. The molecule has 0 saturated carbocycles. The van der Waals surface area contributed by atoms with Gasteiger partial charge in [0.2, 0.25) is 0 Å². The van der Waals surface area contributed by atoms with E-state index >= 15 is 0 Å². The summed E-state index contributed by atoms with van der Waals surface area (Å²) in [6.07, 6.45) is 1.75. The Morgan fingerprint density at radius 3 is 1.71 bits per heavy atom. The maximum Gasteiger partial charge on any atom is 0.0450 e. The van der Waals surface area contributed by atoms with Gasteiger partial charge in [0, 0.05) is 11.5 Å². The van der Waals surface area contributed by atoms with Gasteiger partial charge in [0.25, 0.3) is 0 Å². The maximum atomic E-state index is 4.08. The van der Waals surface area contributed by atoms with Gasteiger partial charge in [0.1, 0.15) is 0 Å². The Kier molecular flexibility index (Phi) is 64.9. The Balaban J connectivity index is -0.0000000708. The van der Waals surface area contributed by atoms with E-state index in [9.17, 15) is 0 Å². The topological polar surface area (TPSA) is 12.4 Å². The molecule has 0 radical (unpaired) electrons. The van der Waals surface area contributed by atoms with Gasteiger partial charge >= 0.3 is 0 Å². The van der Waals surface area contributed by atoms with Crippen LogP contribution in [0.2, 0.25) is 0 Å². The zero-order valence-corrected chi connectivity index (χ0v) is 12.2. The third kappa shape index (κ3) is 41.0. The molecule has 14 heavy (non-hydrogen) atoms. The van der Waals surface area contributed by atoms with Gasteiger partial charge < -0.3 is 0 Å². The summed E-state index contributed by atoms with van der Waals surface area (Å²) in [4.78, 5) is 0. The van der Waals surface area contributed by atoms with Crippen molar-refractivity contribution in [1.82, 2.24) is 0 Å². The Bertz CT molecular complexity index is 98.5. The van der Waals surface area contributed by atoms with E-state index in [2.05, 4.69) is 17.9 Å². The van der Waals surface area contributed by atoms with Crippen LogP contribution in [-0.2, 0) is 0 Å². The summed E-state index contributed by atoms with van der Waals surface area (Å²) in [5, 5.41) is 0. The first-order valence-corrected chi connectivity index (χ1v) is 6.54. The Morgan fingerprint density at radius 2 is 1.50 bits per heavy atom. The predicted molar refractivity (Wildman–Crippen MR) is 75.5 cm³/mol. The molecule has 0 aromatic heterocycles. The molecule has 0 N–H and O–H groups in total. The van der Waals surface area contributed by atoms with Crippen molar-refractivity contribution in [3.63, 3.8) is 0 Å². The van der Waals surface area contributed by atoms with Gasteiger partial charge in [0.15, 0.2) is 0 Å². The number of hydrogen-bond donors (Lipinski definition) is 0. The lowest BCUT2D eigenvalue weighted by Gasteiger charge is -1.86. The monoisotopic (exact) mass is 219 g/mol. The number of nitrogens with zero attached hydrogens (tertiary/aromatic N) is 1. The van der Waals surface area contributed by atoms with Crippen molar-refractivity contribution in [2.75, 3.05) is 5.75 Å². The van der Waals surface area contributed by atoms with Crippen LogP contribution in [-0.4, -0.2) is 11.5 Å². The lowest BCUT2D eigenvalue weighted by Crippen LogP contribution is -1.78. The first-order chi connectivity index (χ1) is 6.81. The molecular weight excluding hydrogens is 190 g/mol. The number of rotatable bonds is 3. The highest BCUT2D eigenvalue weighted by Crippen LogP contribution is 2.00. The lowest BCUT2D eigenvalue weighted by molar-refractivity contribution is 1.50. The van der Waals surface area contributed by atoms with Gasteiger partial charge in [-0.1, -0.05) is 55.0 Å². The standard InChI is InChI=1S/C6H11NS.3C2H6/c1-4-6(3)7-8-5-2;3*1-2/h4H,1,5H2,2-3H3;3*1-2H3/b7-6-;;;. The van der Waals surface area contributed by atoms with E-state index in [1.54, 1.807) is 18.0 Å². The average molecular weight is 219 g/mol. The second-order valence-electron chi connectivity index (χ2n) is 1.35. The van der Waals surface area contributed by atoms with Crippen molar-refractivity contribution in [1.29, 1.82) is 0 Å². The predicted octanol–water partition coefficient (Wildman–Crippen LogP) is 5.38. The fourth-order valence-electron chi connectivity index (χ4n) is 0.204. The molecule has 0 aliphatic carbocycles. The van der Waals surface area contributed by atoms with Gasteiger partial charge in [-0.3, -0.25) is 0 Å². The molecule has 0 amide bonds. The summed E-state index contributed by atoms with van der Waals surface area (Å²) in [7, 11) is 0. The molecule has 0 aromatic rings. The van der Waals surface area contributed by atoms with Crippen LogP contribution in [0.3, 0.4) is 0 Å².